The molecule has 0 saturated heterocycles. The predicted octanol–water partition coefficient (Wildman–Crippen LogP) is 3.93. The first-order valence-electron chi connectivity index (χ1n) is 10.4. The first-order valence-corrected chi connectivity index (χ1v) is 11.7. The van der Waals surface area contributed by atoms with Crippen LogP contribution in [-0.2, 0) is 11.2 Å². The molecule has 1 heterocycles. The largest absolute Gasteiger partial charge is 0.465 e. The molecule has 0 aliphatic heterocycles. The number of aliphatic hydroxyl groups excluding tert-OH is 3. The van der Waals surface area contributed by atoms with Crippen LogP contribution >= 0.6 is 22.9 Å². The zero-order valence-electron chi connectivity index (χ0n) is 17.0. The summed E-state index contributed by atoms with van der Waals surface area (Å²) in [7, 11) is 1.38. The summed E-state index contributed by atoms with van der Waals surface area (Å²) in [6.45, 7) is 0.189. The first-order chi connectivity index (χ1) is 14.0. The predicted molar refractivity (Wildman–Crippen MR) is 117 cm³/mol. The van der Waals surface area contributed by atoms with Gasteiger partial charge in [0, 0.05) is 22.8 Å². The average molecular weight is 445 g/mol. The summed E-state index contributed by atoms with van der Waals surface area (Å²) in [6.07, 6.45) is 9.16. The van der Waals surface area contributed by atoms with Gasteiger partial charge in [-0.2, -0.15) is 0 Å². The van der Waals surface area contributed by atoms with Crippen molar-refractivity contribution in [2.75, 3.05) is 13.7 Å². The number of hydrogen-bond acceptors (Lipinski definition) is 6. The molecule has 0 aromatic carbocycles. The van der Waals surface area contributed by atoms with E-state index in [4.69, 9.17) is 21.4 Å². The number of aryl methyl sites for hydroxylation is 1. The van der Waals surface area contributed by atoms with Gasteiger partial charge in [0.1, 0.15) is 4.88 Å². The van der Waals surface area contributed by atoms with Crippen molar-refractivity contribution in [1.29, 1.82) is 0 Å². The Bertz CT molecular complexity index is 647. The maximum Gasteiger partial charge on any atom is 0.348 e. The highest BCUT2D eigenvalue weighted by Gasteiger charge is 2.39. The second-order valence-corrected chi connectivity index (χ2v) is 9.46. The molecule has 1 unspecified atom stereocenters. The molecule has 0 radical (unpaired) electrons. The number of esters is 1. The number of halogens is 1. The fourth-order valence-electron chi connectivity index (χ4n) is 3.96. The molecule has 29 heavy (non-hydrogen) atoms. The highest BCUT2D eigenvalue weighted by atomic mass is 35.5. The molecule has 0 bridgehead atoms. The standard InChI is InChI=1S/C22H33ClO5S/c1-28-22(27)21-12-10-16(29-21)7-5-8-17-18(20(26)14-19(17)23)11-9-15(25)6-3-2-4-13-24/h9-12,15,17-20,24-26H,2-8,13-14H2,1H3/t15?,17-,18-,19-,20-/m1/s1. The lowest BCUT2D eigenvalue weighted by Gasteiger charge is -2.21. The third-order valence-corrected chi connectivity index (χ3v) is 7.22. The van der Waals surface area contributed by atoms with Gasteiger partial charge in [0.2, 0.25) is 0 Å². The summed E-state index contributed by atoms with van der Waals surface area (Å²) < 4.78 is 4.75. The SMILES string of the molecule is COC(=O)c1ccc(CCC[C@@H]2[C@@H](C=CC(O)CCCCCO)[C@H](O)C[C@H]2Cl)s1. The van der Waals surface area contributed by atoms with E-state index in [9.17, 15) is 15.0 Å². The number of ether oxygens (including phenoxy) is 1. The molecule has 1 aliphatic rings. The molecule has 0 spiro atoms. The van der Waals surface area contributed by atoms with Crippen LogP contribution in [0.25, 0.3) is 0 Å². The van der Waals surface area contributed by atoms with Gasteiger partial charge in [-0.1, -0.05) is 25.0 Å². The van der Waals surface area contributed by atoms with Crippen molar-refractivity contribution in [3.05, 3.63) is 34.0 Å². The second-order valence-electron chi connectivity index (χ2n) is 7.74. The van der Waals surface area contributed by atoms with Crippen LogP contribution in [-0.4, -0.2) is 52.6 Å². The zero-order chi connectivity index (χ0) is 21.2. The lowest BCUT2D eigenvalue weighted by Crippen LogP contribution is -2.19. The maximum atomic E-state index is 11.6. The van der Waals surface area contributed by atoms with Gasteiger partial charge in [0.05, 0.1) is 19.3 Å². The molecule has 5 nitrogen and oxygen atoms in total. The molecule has 5 atom stereocenters. The van der Waals surface area contributed by atoms with Gasteiger partial charge in [-0.3, -0.25) is 0 Å². The molecular weight excluding hydrogens is 412 g/mol. The van der Waals surface area contributed by atoms with Crippen molar-refractivity contribution >= 4 is 28.9 Å². The second kappa shape index (κ2) is 12.7. The number of aliphatic hydroxyl groups is 3. The van der Waals surface area contributed by atoms with Crippen LogP contribution in [0.5, 0.6) is 0 Å². The van der Waals surface area contributed by atoms with Crippen LogP contribution in [0, 0.1) is 11.8 Å². The van der Waals surface area contributed by atoms with Gasteiger partial charge in [-0.05, 0) is 56.6 Å². The Hall–Kier alpha value is -0.920. The number of alkyl halides is 1. The van der Waals surface area contributed by atoms with Crippen LogP contribution in [0.2, 0.25) is 0 Å². The molecule has 2 rings (SSSR count). The summed E-state index contributed by atoms with van der Waals surface area (Å²) >= 11 is 7.96. The van der Waals surface area contributed by atoms with Gasteiger partial charge in [-0.25, -0.2) is 4.79 Å². The van der Waals surface area contributed by atoms with E-state index in [2.05, 4.69) is 0 Å². The lowest BCUT2D eigenvalue weighted by atomic mass is 9.89. The summed E-state index contributed by atoms with van der Waals surface area (Å²) in [5, 5.41) is 29.3. The number of methoxy groups -OCH3 is 1. The summed E-state index contributed by atoms with van der Waals surface area (Å²) in [6, 6.07) is 3.76. The normalized spacial score (nSPS) is 25.6. The Morgan fingerprint density at radius 2 is 2.14 bits per heavy atom. The van der Waals surface area contributed by atoms with Crippen molar-refractivity contribution in [3.8, 4) is 0 Å². The van der Waals surface area contributed by atoms with Gasteiger partial charge in [0.15, 0.2) is 0 Å². The molecule has 1 aromatic heterocycles. The lowest BCUT2D eigenvalue weighted by molar-refractivity contribution is 0.0606. The summed E-state index contributed by atoms with van der Waals surface area (Å²) in [4.78, 5) is 13.3. The van der Waals surface area contributed by atoms with Crippen LogP contribution in [0.3, 0.4) is 0 Å². The highest BCUT2D eigenvalue weighted by molar-refractivity contribution is 7.13. The Labute approximate surface area is 182 Å². The number of hydrogen-bond donors (Lipinski definition) is 3. The Kier molecular flexibility index (Phi) is 10.7. The molecule has 164 valence electrons. The van der Waals surface area contributed by atoms with Crippen molar-refractivity contribution in [3.63, 3.8) is 0 Å². The first kappa shape index (κ1) is 24.4. The van der Waals surface area contributed by atoms with Crippen molar-refractivity contribution < 1.29 is 24.9 Å². The quantitative estimate of drug-likeness (QED) is 0.197. The van der Waals surface area contributed by atoms with Crippen LogP contribution < -0.4 is 0 Å². The van der Waals surface area contributed by atoms with E-state index < -0.39 is 12.2 Å². The van der Waals surface area contributed by atoms with E-state index in [-0.39, 0.29) is 29.8 Å². The molecule has 1 aromatic rings. The van der Waals surface area contributed by atoms with E-state index >= 15 is 0 Å². The zero-order valence-corrected chi connectivity index (χ0v) is 18.6. The molecule has 1 aliphatic carbocycles. The average Bonchev–Trinajstić information content (AvgIpc) is 3.28. The minimum Gasteiger partial charge on any atom is -0.465 e. The van der Waals surface area contributed by atoms with Crippen LogP contribution in [0.1, 0.15) is 59.5 Å². The third kappa shape index (κ3) is 7.68. The topological polar surface area (TPSA) is 87.0 Å². The van der Waals surface area contributed by atoms with E-state index in [1.165, 1.54) is 18.4 Å². The van der Waals surface area contributed by atoms with E-state index in [0.717, 1.165) is 43.4 Å². The van der Waals surface area contributed by atoms with Gasteiger partial charge < -0.3 is 20.1 Å². The summed E-state index contributed by atoms with van der Waals surface area (Å²) in [5.74, 6) is -0.177. The minimum absolute atomic E-state index is 0.0430. The third-order valence-electron chi connectivity index (χ3n) is 5.59. The number of rotatable bonds is 12. The monoisotopic (exact) mass is 444 g/mol. The number of thiophene rings is 1. The number of carbonyl (C=O) groups excluding carboxylic acids is 1. The molecule has 3 N–H and O–H groups in total. The fourth-order valence-corrected chi connectivity index (χ4v) is 5.41. The molecule has 0 amide bonds. The fraction of sp³-hybridized carbons (Fsp3) is 0.682. The van der Waals surface area contributed by atoms with Crippen molar-refractivity contribution in [1.82, 2.24) is 0 Å². The minimum atomic E-state index is -0.529. The number of carbonyl (C=O) groups is 1. The number of unbranched alkanes of at least 4 members (excludes halogenated alkanes) is 2. The Morgan fingerprint density at radius 1 is 1.34 bits per heavy atom. The van der Waals surface area contributed by atoms with Crippen LogP contribution in [0.4, 0.5) is 0 Å². The molecule has 1 saturated carbocycles. The Balaban J connectivity index is 1.83. The Morgan fingerprint density at radius 3 is 2.86 bits per heavy atom. The molecule has 1 fully saturated rings. The van der Waals surface area contributed by atoms with Gasteiger partial charge in [-0.15, -0.1) is 22.9 Å². The van der Waals surface area contributed by atoms with E-state index in [1.807, 2.05) is 12.1 Å². The van der Waals surface area contributed by atoms with E-state index in [0.29, 0.717) is 17.7 Å². The smallest absolute Gasteiger partial charge is 0.348 e. The van der Waals surface area contributed by atoms with Crippen LogP contribution in [0.15, 0.2) is 24.3 Å². The molecule has 7 heteroatoms. The maximum absolute atomic E-state index is 11.6. The summed E-state index contributed by atoms with van der Waals surface area (Å²) in [5.41, 5.74) is 0. The van der Waals surface area contributed by atoms with Gasteiger partial charge >= 0.3 is 5.97 Å². The van der Waals surface area contributed by atoms with Crippen molar-refractivity contribution in [2.45, 2.75) is 69.0 Å². The molecular formula is C22H33ClO5S. The highest BCUT2D eigenvalue weighted by Crippen LogP contribution is 2.40. The van der Waals surface area contributed by atoms with Crippen molar-refractivity contribution in [2.24, 2.45) is 11.8 Å². The van der Waals surface area contributed by atoms with Gasteiger partial charge in [0.25, 0.3) is 0 Å². The van der Waals surface area contributed by atoms with E-state index in [1.54, 1.807) is 12.1 Å².